The maximum atomic E-state index is 10.5. The van der Waals surface area contributed by atoms with Gasteiger partial charge < -0.3 is 11.1 Å². The maximum Gasteiger partial charge on any atom is 0.324 e. The molecule has 0 aliphatic heterocycles. The maximum absolute atomic E-state index is 10.5. The minimum atomic E-state index is -0.380. The second-order valence-corrected chi connectivity index (χ2v) is 4.62. The van der Waals surface area contributed by atoms with Crippen molar-refractivity contribution in [1.29, 1.82) is 0 Å². The van der Waals surface area contributed by atoms with Crippen molar-refractivity contribution >= 4 is 40.1 Å². The molecule has 2 rings (SSSR count). The van der Waals surface area contributed by atoms with Gasteiger partial charge in [-0.3, -0.25) is 10.1 Å². The number of rotatable bonds is 4. The van der Waals surface area contributed by atoms with Crippen LogP contribution in [0.25, 0.3) is 0 Å². The van der Waals surface area contributed by atoms with Crippen LogP contribution in [0.5, 0.6) is 0 Å². The van der Waals surface area contributed by atoms with Crippen molar-refractivity contribution in [3.8, 4) is 0 Å². The summed E-state index contributed by atoms with van der Waals surface area (Å²) < 4.78 is 0. The van der Waals surface area contributed by atoms with E-state index in [1.807, 2.05) is 18.2 Å². The van der Waals surface area contributed by atoms with E-state index in [0.29, 0.717) is 12.2 Å². The Labute approximate surface area is 114 Å². The normalized spacial score (nSPS) is 9.56. The van der Waals surface area contributed by atoms with E-state index < -0.39 is 0 Å². The molecule has 5 nitrogen and oxygen atoms in total. The summed E-state index contributed by atoms with van der Waals surface area (Å²) in [5, 5.41) is 13.8. The minimum absolute atomic E-state index is 0. The summed E-state index contributed by atoms with van der Waals surface area (Å²) in [5.74, 6) is 0. The second kappa shape index (κ2) is 6.23. The van der Waals surface area contributed by atoms with Crippen molar-refractivity contribution in [2.24, 2.45) is 0 Å². The van der Waals surface area contributed by atoms with E-state index in [1.54, 1.807) is 12.1 Å². The van der Waals surface area contributed by atoms with E-state index in [0.717, 1.165) is 10.6 Å². The largest absolute Gasteiger partial charge is 0.399 e. The number of nitro groups is 1. The van der Waals surface area contributed by atoms with E-state index in [1.165, 1.54) is 17.4 Å². The zero-order chi connectivity index (χ0) is 12.3. The van der Waals surface area contributed by atoms with Crippen molar-refractivity contribution in [3.63, 3.8) is 0 Å². The SMILES string of the molecule is Cl.Nc1cccc(NCc2ccc([N+](=O)[O-])s2)c1. The van der Waals surface area contributed by atoms with Gasteiger partial charge in [-0.05, 0) is 24.3 Å². The molecule has 1 heterocycles. The lowest BCUT2D eigenvalue weighted by atomic mass is 10.3. The third-order valence-corrected chi connectivity index (χ3v) is 3.22. The standard InChI is InChI=1S/C11H11N3O2S.ClH/c12-8-2-1-3-9(6-8)13-7-10-4-5-11(17-10)14(15)16;/h1-6,13H,7,12H2;1H. The zero-order valence-electron chi connectivity index (χ0n) is 9.33. The van der Waals surface area contributed by atoms with Crippen LogP contribution in [-0.4, -0.2) is 4.92 Å². The number of thiophene rings is 1. The average molecular weight is 286 g/mol. The Hall–Kier alpha value is -1.79. The van der Waals surface area contributed by atoms with Crippen molar-refractivity contribution in [3.05, 3.63) is 51.4 Å². The number of anilines is 2. The molecule has 0 unspecified atom stereocenters. The molecule has 0 radical (unpaired) electrons. The molecule has 18 heavy (non-hydrogen) atoms. The molecule has 0 fully saturated rings. The van der Waals surface area contributed by atoms with Gasteiger partial charge in [-0.15, -0.1) is 12.4 Å². The summed E-state index contributed by atoms with van der Waals surface area (Å²) in [7, 11) is 0. The molecule has 1 aromatic carbocycles. The summed E-state index contributed by atoms with van der Waals surface area (Å²) in [6, 6.07) is 10.7. The molecule has 0 amide bonds. The molecule has 0 bridgehead atoms. The monoisotopic (exact) mass is 285 g/mol. The highest BCUT2D eigenvalue weighted by Crippen LogP contribution is 2.24. The fourth-order valence-electron chi connectivity index (χ4n) is 1.40. The van der Waals surface area contributed by atoms with E-state index in [2.05, 4.69) is 5.32 Å². The smallest absolute Gasteiger partial charge is 0.324 e. The number of hydrogen-bond acceptors (Lipinski definition) is 5. The van der Waals surface area contributed by atoms with Crippen molar-refractivity contribution in [2.45, 2.75) is 6.54 Å². The van der Waals surface area contributed by atoms with Crippen LogP contribution in [0.2, 0.25) is 0 Å². The van der Waals surface area contributed by atoms with E-state index >= 15 is 0 Å². The van der Waals surface area contributed by atoms with Crippen LogP contribution in [0.3, 0.4) is 0 Å². The van der Waals surface area contributed by atoms with Crippen molar-refractivity contribution in [2.75, 3.05) is 11.1 Å². The second-order valence-electron chi connectivity index (χ2n) is 3.48. The van der Waals surface area contributed by atoms with Crippen molar-refractivity contribution in [1.82, 2.24) is 0 Å². The van der Waals surface area contributed by atoms with Crippen LogP contribution in [0, 0.1) is 10.1 Å². The third-order valence-electron chi connectivity index (χ3n) is 2.18. The van der Waals surface area contributed by atoms with Gasteiger partial charge in [0.05, 0.1) is 4.92 Å². The number of nitrogens with zero attached hydrogens (tertiary/aromatic N) is 1. The van der Waals surface area contributed by atoms with Gasteiger partial charge in [0.15, 0.2) is 0 Å². The Morgan fingerprint density at radius 2 is 2.11 bits per heavy atom. The quantitative estimate of drug-likeness (QED) is 0.513. The molecule has 96 valence electrons. The first-order valence-corrected chi connectivity index (χ1v) is 5.79. The van der Waals surface area contributed by atoms with Crippen LogP contribution >= 0.6 is 23.7 Å². The lowest BCUT2D eigenvalue weighted by Gasteiger charge is -2.04. The van der Waals surface area contributed by atoms with Gasteiger partial charge in [0.25, 0.3) is 0 Å². The van der Waals surface area contributed by atoms with Crippen LogP contribution in [-0.2, 0) is 6.54 Å². The van der Waals surface area contributed by atoms with Gasteiger partial charge in [0, 0.05) is 28.9 Å². The fourth-order valence-corrected chi connectivity index (χ4v) is 2.16. The van der Waals surface area contributed by atoms with Gasteiger partial charge in [-0.2, -0.15) is 0 Å². The van der Waals surface area contributed by atoms with Crippen LogP contribution in [0.4, 0.5) is 16.4 Å². The van der Waals surface area contributed by atoms with Gasteiger partial charge in [-0.25, -0.2) is 0 Å². The number of halogens is 1. The molecular weight excluding hydrogens is 274 g/mol. The average Bonchev–Trinajstić information content (AvgIpc) is 2.75. The third kappa shape index (κ3) is 3.61. The highest BCUT2D eigenvalue weighted by molar-refractivity contribution is 7.15. The first-order valence-electron chi connectivity index (χ1n) is 4.97. The Kier molecular flexibility index (Phi) is 4.94. The van der Waals surface area contributed by atoms with E-state index in [4.69, 9.17) is 5.73 Å². The molecule has 0 aliphatic carbocycles. The molecule has 0 saturated heterocycles. The predicted molar refractivity (Wildman–Crippen MR) is 76.4 cm³/mol. The topological polar surface area (TPSA) is 81.2 Å². The first kappa shape index (κ1) is 14.3. The summed E-state index contributed by atoms with van der Waals surface area (Å²) >= 11 is 1.17. The zero-order valence-corrected chi connectivity index (χ0v) is 11.0. The summed E-state index contributed by atoms with van der Waals surface area (Å²) in [5.41, 5.74) is 7.24. The van der Waals surface area contributed by atoms with Gasteiger partial charge >= 0.3 is 5.00 Å². The molecule has 2 aromatic rings. The molecule has 0 saturated carbocycles. The number of hydrogen-bond donors (Lipinski definition) is 2. The summed E-state index contributed by atoms with van der Waals surface area (Å²) in [6.07, 6.45) is 0. The Balaban J connectivity index is 0.00000162. The lowest BCUT2D eigenvalue weighted by Crippen LogP contribution is -1.97. The molecule has 7 heteroatoms. The van der Waals surface area contributed by atoms with E-state index in [-0.39, 0.29) is 22.3 Å². The Morgan fingerprint density at radius 1 is 1.33 bits per heavy atom. The van der Waals surface area contributed by atoms with Crippen molar-refractivity contribution < 1.29 is 4.92 Å². The summed E-state index contributed by atoms with van der Waals surface area (Å²) in [4.78, 5) is 11.0. The lowest BCUT2D eigenvalue weighted by molar-refractivity contribution is -0.380. The first-order chi connectivity index (χ1) is 8.15. The minimum Gasteiger partial charge on any atom is -0.399 e. The molecular formula is C11H12ClN3O2S. The molecule has 1 aromatic heterocycles. The highest BCUT2D eigenvalue weighted by Gasteiger charge is 2.09. The van der Waals surface area contributed by atoms with Gasteiger partial charge in [0.1, 0.15) is 0 Å². The van der Waals surface area contributed by atoms with Gasteiger partial charge in [0.2, 0.25) is 0 Å². The fraction of sp³-hybridized carbons (Fsp3) is 0.0909. The van der Waals surface area contributed by atoms with Crippen LogP contribution < -0.4 is 11.1 Å². The number of nitrogens with two attached hydrogens (primary N) is 1. The number of nitrogens with one attached hydrogen (secondary N) is 1. The highest BCUT2D eigenvalue weighted by atomic mass is 35.5. The molecule has 0 atom stereocenters. The molecule has 0 spiro atoms. The van der Waals surface area contributed by atoms with Crippen LogP contribution in [0.15, 0.2) is 36.4 Å². The summed E-state index contributed by atoms with van der Waals surface area (Å²) in [6.45, 7) is 0.558. The van der Waals surface area contributed by atoms with E-state index in [9.17, 15) is 10.1 Å². The number of nitrogen functional groups attached to an aromatic ring is 1. The van der Waals surface area contributed by atoms with Gasteiger partial charge in [-0.1, -0.05) is 17.4 Å². The Morgan fingerprint density at radius 3 is 2.72 bits per heavy atom. The molecule has 3 N–H and O–H groups in total. The molecule has 0 aliphatic rings. The predicted octanol–water partition coefficient (Wildman–Crippen LogP) is 3.27. The van der Waals surface area contributed by atoms with Crippen LogP contribution in [0.1, 0.15) is 4.88 Å². The Bertz CT molecular complexity index is 545. The number of benzene rings is 1.